The van der Waals surface area contributed by atoms with Crippen molar-refractivity contribution in [3.63, 3.8) is 0 Å². The fourth-order valence-corrected chi connectivity index (χ4v) is 5.59. The molecule has 0 radical (unpaired) electrons. The highest BCUT2D eigenvalue weighted by Gasteiger charge is 2.14. The molecule has 208 valence electrons. The van der Waals surface area contributed by atoms with E-state index in [0.717, 1.165) is 70.8 Å². The smallest absolute Gasteiger partial charge is 0.119 e. The molecule has 0 saturated heterocycles. The van der Waals surface area contributed by atoms with Crippen molar-refractivity contribution in [3.05, 3.63) is 60.7 Å². The summed E-state index contributed by atoms with van der Waals surface area (Å²) in [7, 11) is 0. The van der Waals surface area contributed by atoms with Crippen LogP contribution in [0.3, 0.4) is 0 Å². The molecule has 2 unspecified atom stereocenters. The van der Waals surface area contributed by atoms with Crippen LogP contribution in [0.4, 0.5) is 0 Å². The number of aromatic nitrogens is 2. The van der Waals surface area contributed by atoms with Crippen molar-refractivity contribution < 1.29 is 9.47 Å². The Morgan fingerprint density at radius 1 is 0.590 bits per heavy atom. The average molecular weight is 545 g/mol. The summed E-state index contributed by atoms with van der Waals surface area (Å²) in [6.07, 6.45) is 9.81. The summed E-state index contributed by atoms with van der Waals surface area (Å²) in [5.74, 6) is 3.10. The van der Waals surface area contributed by atoms with Crippen molar-refractivity contribution in [2.24, 2.45) is 11.8 Å². The van der Waals surface area contributed by atoms with Crippen LogP contribution >= 0.6 is 11.7 Å². The van der Waals surface area contributed by atoms with Gasteiger partial charge >= 0.3 is 0 Å². The van der Waals surface area contributed by atoms with E-state index >= 15 is 0 Å². The number of benzene rings is 3. The van der Waals surface area contributed by atoms with Crippen LogP contribution in [0.25, 0.3) is 33.3 Å². The molecule has 1 heterocycles. The van der Waals surface area contributed by atoms with Gasteiger partial charge in [0.15, 0.2) is 0 Å². The van der Waals surface area contributed by atoms with Gasteiger partial charge in [-0.3, -0.25) is 0 Å². The lowest BCUT2D eigenvalue weighted by Gasteiger charge is -2.16. The summed E-state index contributed by atoms with van der Waals surface area (Å²) in [4.78, 5) is 0. The van der Waals surface area contributed by atoms with Crippen LogP contribution in [-0.4, -0.2) is 22.0 Å². The second-order valence-corrected chi connectivity index (χ2v) is 11.2. The van der Waals surface area contributed by atoms with Gasteiger partial charge in [0.1, 0.15) is 22.5 Å². The third-order valence-corrected chi connectivity index (χ3v) is 8.33. The predicted octanol–water partition coefficient (Wildman–Crippen LogP) is 10.2. The lowest BCUT2D eigenvalue weighted by Crippen LogP contribution is -2.11. The first-order valence-electron chi connectivity index (χ1n) is 14.9. The summed E-state index contributed by atoms with van der Waals surface area (Å²) >= 11 is 1.27. The maximum atomic E-state index is 6.12. The fraction of sp³-hybridized carbons (Fsp3) is 0.471. The number of rotatable bonds is 16. The van der Waals surface area contributed by atoms with Crippen molar-refractivity contribution in [1.29, 1.82) is 0 Å². The van der Waals surface area contributed by atoms with E-state index < -0.39 is 0 Å². The first-order valence-corrected chi connectivity index (χ1v) is 15.6. The third-order valence-electron chi connectivity index (χ3n) is 7.80. The number of hydrogen-bond acceptors (Lipinski definition) is 5. The van der Waals surface area contributed by atoms with Crippen LogP contribution in [0.5, 0.6) is 11.5 Å². The summed E-state index contributed by atoms with van der Waals surface area (Å²) in [6, 6.07) is 21.2. The highest BCUT2D eigenvalue weighted by Crippen LogP contribution is 2.35. The molecule has 0 amide bonds. The number of fused-ring (bicyclic) bond motifs is 1. The van der Waals surface area contributed by atoms with Crippen LogP contribution in [0.1, 0.15) is 79.1 Å². The quantitative estimate of drug-likeness (QED) is 0.141. The second-order valence-electron chi connectivity index (χ2n) is 10.6. The van der Waals surface area contributed by atoms with Crippen molar-refractivity contribution in [3.8, 4) is 33.8 Å². The Balaban J connectivity index is 1.45. The Kier molecular flexibility index (Phi) is 11.2. The molecule has 0 aliphatic heterocycles. The van der Waals surface area contributed by atoms with E-state index in [2.05, 4.69) is 97.1 Å². The summed E-state index contributed by atoms with van der Waals surface area (Å²) in [6.45, 7) is 10.6. The maximum absolute atomic E-state index is 6.12. The van der Waals surface area contributed by atoms with Gasteiger partial charge in [-0.05, 0) is 60.1 Å². The zero-order chi connectivity index (χ0) is 27.5. The molecule has 39 heavy (non-hydrogen) atoms. The number of unbranched alkanes of at least 4 members (excludes halogenated alkanes) is 2. The molecular formula is C34H44N2O2S. The van der Waals surface area contributed by atoms with Crippen molar-refractivity contribution in [2.75, 3.05) is 13.2 Å². The Hall–Kier alpha value is -2.92. The van der Waals surface area contributed by atoms with Crippen molar-refractivity contribution in [2.45, 2.75) is 79.1 Å². The van der Waals surface area contributed by atoms with Gasteiger partial charge in [0, 0.05) is 11.1 Å². The van der Waals surface area contributed by atoms with E-state index in [1.165, 1.54) is 50.3 Å². The first-order chi connectivity index (χ1) is 19.2. The van der Waals surface area contributed by atoms with Crippen LogP contribution in [0, 0.1) is 11.8 Å². The number of ether oxygens (including phenoxy) is 2. The second kappa shape index (κ2) is 15.0. The topological polar surface area (TPSA) is 44.2 Å². The number of hydrogen-bond donors (Lipinski definition) is 0. The van der Waals surface area contributed by atoms with E-state index in [1.807, 2.05) is 0 Å². The SMILES string of the molecule is CCCCC(CC)COc1ccc(-c2ccc(-c3ccc(OCC(CC)CCCC)cc3)c3nsnc23)cc1. The van der Waals surface area contributed by atoms with Crippen LogP contribution in [-0.2, 0) is 0 Å². The standard InChI is InChI=1S/C34H44N2O2S/c1-5-9-11-25(7-3)23-37-29-17-13-27(14-18-29)31-21-22-32(34-33(31)35-39-36-34)28-15-19-30(20-16-28)38-24-26(8-4)12-10-6-2/h13-22,25-26H,5-12,23-24H2,1-4H3. The molecule has 0 spiro atoms. The summed E-state index contributed by atoms with van der Waals surface area (Å²) in [5.41, 5.74) is 6.34. The number of nitrogens with zero attached hydrogens (tertiary/aromatic N) is 2. The van der Waals surface area contributed by atoms with E-state index in [9.17, 15) is 0 Å². The van der Waals surface area contributed by atoms with E-state index in [0.29, 0.717) is 11.8 Å². The van der Waals surface area contributed by atoms with Gasteiger partial charge in [-0.25, -0.2) is 0 Å². The van der Waals surface area contributed by atoms with Gasteiger partial charge in [-0.1, -0.05) is 103 Å². The van der Waals surface area contributed by atoms with Gasteiger partial charge in [0.05, 0.1) is 24.9 Å². The molecule has 1 aromatic heterocycles. The molecule has 5 heteroatoms. The van der Waals surface area contributed by atoms with Gasteiger partial charge < -0.3 is 9.47 Å². The Labute approximate surface area is 239 Å². The highest BCUT2D eigenvalue weighted by atomic mass is 32.1. The molecular weight excluding hydrogens is 500 g/mol. The molecule has 0 aliphatic carbocycles. The maximum Gasteiger partial charge on any atom is 0.119 e. The van der Waals surface area contributed by atoms with Crippen LogP contribution in [0.2, 0.25) is 0 Å². The molecule has 0 saturated carbocycles. The molecule has 0 N–H and O–H groups in total. The monoisotopic (exact) mass is 544 g/mol. The van der Waals surface area contributed by atoms with E-state index in [4.69, 9.17) is 9.47 Å². The lowest BCUT2D eigenvalue weighted by molar-refractivity contribution is 0.233. The summed E-state index contributed by atoms with van der Waals surface area (Å²) in [5, 5.41) is 0. The molecule has 3 aromatic carbocycles. The largest absolute Gasteiger partial charge is 0.493 e. The Bertz CT molecular complexity index is 1170. The average Bonchev–Trinajstić information content (AvgIpc) is 3.48. The van der Waals surface area contributed by atoms with Crippen molar-refractivity contribution in [1.82, 2.24) is 8.75 Å². The van der Waals surface area contributed by atoms with E-state index in [-0.39, 0.29) is 0 Å². The fourth-order valence-electron chi connectivity index (χ4n) is 5.02. The minimum Gasteiger partial charge on any atom is -0.493 e. The zero-order valence-corrected chi connectivity index (χ0v) is 24.9. The molecule has 0 aliphatic rings. The molecule has 0 fully saturated rings. The van der Waals surface area contributed by atoms with Crippen molar-refractivity contribution >= 4 is 22.8 Å². The molecule has 4 rings (SSSR count). The van der Waals surface area contributed by atoms with Gasteiger partial charge in [0.25, 0.3) is 0 Å². The normalized spacial score (nSPS) is 12.9. The Morgan fingerprint density at radius 2 is 1.00 bits per heavy atom. The minimum absolute atomic E-state index is 0.623. The van der Waals surface area contributed by atoms with Crippen LogP contribution in [0.15, 0.2) is 60.7 Å². The molecule has 0 bridgehead atoms. The molecule has 4 aromatic rings. The minimum atomic E-state index is 0.623. The molecule has 2 atom stereocenters. The Morgan fingerprint density at radius 3 is 1.36 bits per heavy atom. The molecule has 4 nitrogen and oxygen atoms in total. The highest BCUT2D eigenvalue weighted by molar-refractivity contribution is 7.00. The predicted molar refractivity (Wildman–Crippen MR) is 166 cm³/mol. The first kappa shape index (κ1) is 29.1. The van der Waals surface area contributed by atoms with Gasteiger partial charge in [0.2, 0.25) is 0 Å². The van der Waals surface area contributed by atoms with Gasteiger partial charge in [-0.15, -0.1) is 0 Å². The summed E-state index contributed by atoms with van der Waals surface area (Å²) < 4.78 is 21.6. The third kappa shape index (κ3) is 7.82. The van der Waals surface area contributed by atoms with E-state index in [1.54, 1.807) is 0 Å². The van der Waals surface area contributed by atoms with Crippen LogP contribution < -0.4 is 9.47 Å². The van der Waals surface area contributed by atoms with Gasteiger partial charge in [-0.2, -0.15) is 8.75 Å². The zero-order valence-electron chi connectivity index (χ0n) is 24.1. The lowest BCUT2D eigenvalue weighted by atomic mass is 9.97.